The molecule has 0 spiro atoms. The fourth-order valence-electron chi connectivity index (χ4n) is 2.49. The van der Waals surface area contributed by atoms with Gasteiger partial charge in [-0.2, -0.15) is 0 Å². The molecule has 0 saturated heterocycles. The van der Waals surface area contributed by atoms with E-state index in [1.165, 1.54) is 17.7 Å². The molecule has 128 valence electrons. The summed E-state index contributed by atoms with van der Waals surface area (Å²) in [5.41, 5.74) is 0.572. The van der Waals surface area contributed by atoms with Crippen LogP contribution in [0.4, 0.5) is 4.39 Å². The molecule has 0 aromatic heterocycles. The van der Waals surface area contributed by atoms with Gasteiger partial charge in [-0.3, -0.25) is 0 Å². The Hall–Kier alpha value is -2.20. The SMILES string of the molecule is CCOC(=O)C(C)(OCCCc1ccccc1)c1ccc(F)cc1. The fourth-order valence-corrected chi connectivity index (χ4v) is 2.49. The molecule has 4 heteroatoms. The summed E-state index contributed by atoms with van der Waals surface area (Å²) in [6.07, 6.45) is 1.64. The zero-order valence-electron chi connectivity index (χ0n) is 14.1. The third-order valence-electron chi connectivity index (χ3n) is 3.90. The Balaban J connectivity index is 2.03. The van der Waals surface area contributed by atoms with Crippen molar-refractivity contribution in [3.8, 4) is 0 Å². The van der Waals surface area contributed by atoms with Gasteiger partial charge in [0.25, 0.3) is 0 Å². The summed E-state index contributed by atoms with van der Waals surface area (Å²) in [6, 6.07) is 15.9. The van der Waals surface area contributed by atoms with Crippen LogP contribution in [0.15, 0.2) is 54.6 Å². The Bertz CT molecular complexity index is 640. The number of esters is 1. The fraction of sp³-hybridized carbons (Fsp3) is 0.350. The van der Waals surface area contributed by atoms with Gasteiger partial charge < -0.3 is 9.47 Å². The van der Waals surface area contributed by atoms with E-state index in [0.717, 1.165) is 12.8 Å². The molecule has 0 radical (unpaired) electrons. The molecule has 2 rings (SSSR count). The molecule has 1 unspecified atom stereocenters. The predicted octanol–water partition coefficient (Wildman–Crippen LogP) is 4.25. The average molecular weight is 330 g/mol. The van der Waals surface area contributed by atoms with Gasteiger partial charge in [0.1, 0.15) is 5.82 Å². The molecule has 0 saturated carbocycles. The lowest BCUT2D eigenvalue weighted by molar-refractivity contribution is -0.171. The molecule has 3 nitrogen and oxygen atoms in total. The Kier molecular flexibility index (Phi) is 6.50. The van der Waals surface area contributed by atoms with Crippen LogP contribution in [0.25, 0.3) is 0 Å². The molecule has 2 aromatic carbocycles. The van der Waals surface area contributed by atoms with Crippen molar-refractivity contribution in [2.75, 3.05) is 13.2 Å². The topological polar surface area (TPSA) is 35.5 Å². The maximum atomic E-state index is 13.2. The van der Waals surface area contributed by atoms with Gasteiger partial charge >= 0.3 is 5.97 Å². The molecule has 0 heterocycles. The summed E-state index contributed by atoms with van der Waals surface area (Å²) in [6.45, 7) is 4.09. The van der Waals surface area contributed by atoms with Crippen molar-refractivity contribution >= 4 is 5.97 Å². The number of aryl methyl sites for hydroxylation is 1. The molecule has 0 fully saturated rings. The van der Waals surface area contributed by atoms with Gasteiger partial charge in [-0.15, -0.1) is 0 Å². The highest BCUT2D eigenvalue weighted by molar-refractivity contribution is 5.80. The first-order valence-electron chi connectivity index (χ1n) is 8.17. The zero-order valence-corrected chi connectivity index (χ0v) is 14.1. The van der Waals surface area contributed by atoms with Crippen LogP contribution in [-0.4, -0.2) is 19.2 Å². The van der Waals surface area contributed by atoms with Crippen LogP contribution in [0.2, 0.25) is 0 Å². The second kappa shape index (κ2) is 8.60. The molecular weight excluding hydrogens is 307 g/mol. The van der Waals surface area contributed by atoms with Gasteiger partial charge in [-0.05, 0) is 49.9 Å². The number of carbonyl (C=O) groups excluding carboxylic acids is 1. The van der Waals surface area contributed by atoms with Crippen LogP contribution in [0, 0.1) is 5.82 Å². The largest absolute Gasteiger partial charge is 0.464 e. The van der Waals surface area contributed by atoms with E-state index in [9.17, 15) is 9.18 Å². The molecule has 0 N–H and O–H groups in total. The van der Waals surface area contributed by atoms with Crippen molar-refractivity contribution in [3.05, 3.63) is 71.5 Å². The van der Waals surface area contributed by atoms with Crippen LogP contribution in [-0.2, 0) is 26.3 Å². The summed E-state index contributed by atoms with van der Waals surface area (Å²) in [5, 5.41) is 0. The normalized spacial score (nSPS) is 13.3. The first kappa shape index (κ1) is 18.1. The van der Waals surface area contributed by atoms with E-state index in [4.69, 9.17) is 9.47 Å². The predicted molar refractivity (Wildman–Crippen MR) is 91.1 cm³/mol. The van der Waals surface area contributed by atoms with E-state index in [1.54, 1.807) is 26.0 Å². The molecule has 24 heavy (non-hydrogen) atoms. The third kappa shape index (κ3) is 4.65. The maximum absolute atomic E-state index is 13.2. The molecule has 0 aliphatic heterocycles. The second-order valence-corrected chi connectivity index (χ2v) is 5.70. The van der Waals surface area contributed by atoms with Crippen LogP contribution in [0.3, 0.4) is 0 Å². The molecule has 1 atom stereocenters. The van der Waals surface area contributed by atoms with E-state index < -0.39 is 11.6 Å². The molecule has 0 aliphatic carbocycles. The summed E-state index contributed by atoms with van der Waals surface area (Å²) in [7, 11) is 0. The number of carbonyl (C=O) groups is 1. The molecular formula is C20H23FO3. The first-order valence-corrected chi connectivity index (χ1v) is 8.17. The summed E-state index contributed by atoms with van der Waals surface area (Å²) in [5.74, 6) is -0.814. The van der Waals surface area contributed by atoms with Gasteiger partial charge in [-0.25, -0.2) is 9.18 Å². The number of hydrogen-bond donors (Lipinski definition) is 0. The highest BCUT2D eigenvalue weighted by Crippen LogP contribution is 2.28. The van der Waals surface area contributed by atoms with Crippen LogP contribution in [0.5, 0.6) is 0 Å². The number of hydrogen-bond acceptors (Lipinski definition) is 3. The van der Waals surface area contributed by atoms with Gasteiger partial charge in [0.2, 0.25) is 0 Å². The lowest BCUT2D eigenvalue weighted by atomic mass is 9.95. The van der Waals surface area contributed by atoms with Gasteiger partial charge in [0, 0.05) is 6.61 Å². The first-order chi connectivity index (χ1) is 11.6. The van der Waals surface area contributed by atoms with Crippen molar-refractivity contribution in [2.24, 2.45) is 0 Å². The minimum Gasteiger partial charge on any atom is -0.464 e. The average Bonchev–Trinajstić information content (AvgIpc) is 2.60. The maximum Gasteiger partial charge on any atom is 0.342 e. The number of halogens is 1. The van der Waals surface area contributed by atoms with Crippen molar-refractivity contribution < 1.29 is 18.7 Å². The van der Waals surface area contributed by atoms with Crippen molar-refractivity contribution in [3.63, 3.8) is 0 Å². The summed E-state index contributed by atoms with van der Waals surface area (Å²) in [4.78, 5) is 12.4. The van der Waals surface area contributed by atoms with Gasteiger partial charge in [0.05, 0.1) is 6.61 Å². The summed E-state index contributed by atoms with van der Waals surface area (Å²) >= 11 is 0. The lowest BCUT2D eigenvalue weighted by Crippen LogP contribution is -2.37. The standard InChI is InChI=1S/C20H23FO3/c1-3-23-19(22)20(2,17-11-13-18(21)14-12-17)24-15-7-10-16-8-5-4-6-9-16/h4-6,8-9,11-14H,3,7,10,15H2,1-2H3. The summed E-state index contributed by atoms with van der Waals surface area (Å²) < 4.78 is 24.2. The van der Waals surface area contributed by atoms with Gasteiger partial charge in [0.15, 0.2) is 5.60 Å². The smallest absolute Gasteiger partial charge is 0.342 e. The Morgan fingerprint density at radius 2 is 1.75 bits per heavy atom. The number of rotatable bonds is 8. The van der Waals surface area contributed by atoms with Gasteiger partial charge in [-0.1, -0.05) is 42.5 Å². The zero-order chi connectivity index (χ0) is 17.4. The van der Waals surface area contributed by atoms with Crippen molar-refractivity contribution in [1.29, 1.82) is 0 Å². The Morgan fingerprint density at radius 3 is 2.38 bits per heavy atom. The van der Waals surface area contributed by atoms with Crippen molar-refractivity contribution in [1.82, 2.24) is 0 Å². The van der Waals surface area contributed by atoms with E-state index in [0.29, 0.717) is 12.2 Å². The number of benzene rings is 2. The quantitative estimate of drug-likeness (QED) is 0.536. The van der Waals surface area contributed by atoms with E-state index >= 15 is 0 Å². The Labute approximate surface area is 142 Å². The number of ether oxygens (including phenoxy) is 2. The molecule has 0 amide bonds. The minimum atomic E-state index is -1.24. The third-order valence-corrected chi connectivity index (χ3v) is 3.90. The van der Waals surface area contributed by atoms with Crippen molar-refractivity contribution in [2.45, 2.75) is 32.3 Å². The minimum absolute atomic E-state index is 0.267. The monoisotopic (exact) mass is 330 g/mol. The van der Waals surface area contributed by atoms with E-state index in [-0.39, 0.29) is 12.4 Å². The Morgan fingerprint density at radius 1 is 1.08 bits per heavy atom. The molecule has 2 aromatic rings. The lowest BCUT2D eigenvalue weighted by Gasteiger charge is -2.28. The van der Waals surface area contributed by atoms with E-state index in [2.05, 4.69) is 12.1 Å². The highest BCUT2D eigenvalue weighted by atomic mass is 19.1. The van der Waals surface area contributed by atoms with Crippen LogP contribution >= 0.6 is 0 Å². The second-order valence-electron chi connectivity index (χ2n) is 5.70. The molecule has 0 bridgehead atoms. The highest BCUT2D eigenvalue weighted by Gasteiger charge is 2.37. The van der Waals surface area contributed by atoms with Crippen LogP contribution in [0.1, 0.15) is 31.4 Å². The van der Waals surface area contributed by atoms with Crippen LogP contribution < -0.4 is 0 Å². The van der Waals surface area contributed by atoms with E-state index in [1.807, 2.05) is 18.2 Å². The molecule has 0 aliphatic rings.